The van der Waals surface area contributed by atoms with Gasteiger partial charge in [0.05, 0.1) is 11.5 Å². The van der Waals surface area contributed by atoms with Gasteiger partial charge in [-0.1, -0.05) is 23.8 Å². The van der Waals surface area contributed by atoms with Crippen LogP contribution in [0.3, 0.4) is 0 Å². The van der Waals surface area contributed by atoms with Gasteiger partial charge >= 0.3 is 0 Å². The van der Waals surface area contributed by atoms with Crippen LogP contribution in [0.2, 0.25) is 0 Å². The number of aryl methyl sites for hydroxylation is 2. The fourth-order valence-corrected chi connectivity index (χ4v) is 5.60. The van der Waals surface area contributed by atoms with Gasteiger partial charge in [-0.15, -0.1) is 0 Å². The molecular weight excluding hydrogens is 270 g/mol. The third kappa shape index (κ3) is 2.51. The molecule has 0 amide bonds. The Labute approximate surface area is 121 Å². The van der Waals surface area contributed by atoms with Crippen LogP contribution in [0.25, 0.3) is 0 Å². The van der Waals surface area contributed by atoms with Crippen molar-refractivity contribution in [2.45, 2.75) is 26.7 Å². The lowest BCUT2D eigenvalue weighted by atomic mass is 9.66. The molecule has 1 unspecified atom stereocenters. The van der Waals surface area contributed by atoms with Crippen molar-refractivity contribution in [3.05, 3.63) is 34.9 Å². The Bertz CT molecular complexity index is 617. The summed E-state index contributed by atoms with van der Waals surface area (Å²) in [5.74, 6) is 1.10. The van der Waals surface area contributed by atoms with Gasteiger partial charge < -0.3 is 5.32 Å². The molecule has 1 atom stereocenters. The summed E-state index contributed by atoms with van der Waals surface area (Å²) in [7, 11) is -2.79. The van der Waals surface area contributed by atoms with Gasteiger partial charge in [-0.25, -0.2) is 8.42 Å². The lowest BCUT2D eigenvalue weighted by molar-refractivity contribution is 0.0923. The number of rotatable bonds is 3. The first kappa shape index (κ1) is 14.1. The van der Waals surface area contributed by atoms with Gasteiger partial charge in [-0.05, 0) is 43.7 Å². The van der Waals surface area contributed by atoms with E-state index in [2.05, 4.69) is 37.4 Å². The largest absolute Gasteiger partial charge is 0.315 e. The van der Waals surface area contributed by atoms with Crippen molar-refractivity contribution >= 4 is 9.84 Å². The smallest absolute Gasteiger partial charge is 0.150 e. The van der Waals surface area contributed by atoms with Crippen LogP contribution < -0.4 is 5.32 Å². The van der Waals surface area contributed by atoms with E-state index in [0.29, 0.717) is 17.4 Å². The second-order valence-electron chi connectivity index (χ2n) is 6.67. The average molecular weight is 293 g/mol. The minimum Gasteiger partial charge on any atom is -0.315 e. The van der Waals surface area contributed by atoms with Crippen molar-refractivity contribution in [2.24, 2.45) is 11.3 Å². The maximum Gasteiger partial charge on any atom is 0.150 e. The predicted molar refractivity (Wildman–Crippen MR) is 81.7 cm³/mol. The second kappa shape index (κ2) is 4.85. The number of hydrogen-bond acceptors (Lipinski definition) is 3. The molecule has 1 aromatic carbocycles. The number of benzene rings is 1. The first-order valence-electron chi connectivity index (χ1n) is 7.38. The van der Waals surface area contributed by atoms with Crippen LogP contribution in [0.4, 0.5) is 0 Å². The standard InChI is InChI=1S/C16H23NO2S/c1-12-3-4-13(2)14(7-12)8-16(10-17-11-16)15-5-6-20(18,19)9-15/h3-4,7,15,17H,5-6,8-11H2,1-2H3. The first-order chi connectivity index (χ1) is 9.40. The van der Waals surface area contributed by atoms with Gasteiger partial charge in [-0.2, -0.15) is 0 Å². The summed E-state index contributed by atoms with van der Waals surface area (Å²) >= 11 is 0. The van der Waals surface area contributed by atoms with E-state index in [4.69, 9.17) is 0 Å². The molecule has 3 rings (SSSR count). The maximum absolute atomic E-state index is 11.8. The summed E-state index contributed by atoms with van der Waals surface area (Å²) in [4.78, 5) is 0. The number of sulfone groups is 1. The molecule has 0 radical (unpaired) electrons. The van der Waals surface area contributed by atoms with Crippen LogP contribution >= 0.6 is 0 Å². The van der Waals surface area contributed by atoms with Crippen molar-refractivity contribution in [3.8, 4) is 0 Å². The molecule has 2 fully saturated rings. The minimum absolute atomic E-state index is 0.155. The highest BCUT2D eigenvalue weighted by molar-refractivity contribution is 7.91. The molecule has 0 aromatic heterocycles. The third-order valence-electron chi connectivity index (χ3n) is 5.10. The van der Waals surface area contributed by atoms with Gasteiger partial charge in [0.15, 0.2) is 9.84 Å². The van der Waals surface area contributed by atoms with Crippen molar-refractivity contribution < 1.29 is 8.42 Å². The number of nitrogens with one attached hydrogen (secondary N) is 1. The lowest BCUT2D eigenvalue weighted by Gasteiger charge is -2.47. The van der Waals surface area contributed by atoms with Gasteiger partial charge in [0.2, 0.25) is 0 Å². The summed E-state index contributed by atoms with van der Waals surface area (Å²) in [5, 5.41) is 3.37. The highest BCUT2D eigenvalue weighted by Crippen LogP contribution is 2.42. The zero-order chi connectivity index (χ0) is 14.4. The Morgan fingerprint density at radius 3 is 2.60 bits per heavy atom. The van der Waals surface area contributed by atoms with E-state index in [1.54, 1.807) is 0 Å². The molecular formula is C16H23NO2S. The minimum atomic E-state index is -2.79. The molecule has 3 nitrogen and oxygen atoms in total. The van der Waals surface area contributed by atoms with Gasteiger partial charge in [0.1, 0.15) is 0 Å². The molecule has 1 aromatic rings. The summed E-state index contributed by atoms with van der Waals surface area (Å²) in [6.45, 7) is 6.19. The van der Waals surface area contributed by atoms with Crippen molar-refractivity contribution in [1.29, 1.82) is 0 Å². The van der Waals surface area contributed by atoms with E-state index >= 15 is 0 Å². The molecule has 4 heteroatoms. The van der Waals surface area contributed by atoms with Crippen LogP contribution in [0.1, 0.15) is 23.1 Å². The molecule has 1 N–H and O–H groups in total. The summed E-state index contributed by atoms with van der Waals surface area (Å²) in [6, 6.07) is 6.58. The first-order valence-corrected chi connectivity index (χ1v) is 9.20. The summed E-state index contributed by atoms with van der Waals surface area (Å²) in [5.41, 5.74) is 4.15. The molecule has 0 saturated carbocycles. The normalized spacial score (nSPS) is 27.2. The van der Waals surface area contributed by atoms with E-state index in [1.807, 2.05) is 0 Å². The third-order valence-corrected chi connectivity index (χ3v) is 6.87. The average Bonchev–Trinajstić information content (AvgIpc) is 2.69. The SMILES string of the molecule is Cc1ccc(C)c(CC2(C3CCS(=O)(=O)C3)CNC2)c1. The molecule has 0 aliphatic carbocycles. The Morgan fingerprint density at radius 2 is 2.05 bits per heavy atom. The molecule has 2 saturated heterocycles. The van der Waals surface area contributed by atoms with Gasteiger partial charge in [-0.3, -0.25) is 0 Å². The molecule has 110 valence electrons. The Balaban J connectivity index is 1.85. The molecule has 2 aliphatic rings. The molecule has 20 heavy (non-hydrogen) atoms. The van der Waals surface area contributed by atoms with Crippen molar-refractivity contribution in [3.63, 3.8) is 0 Å². The van der Waals surface area contributed by atoms with E-state index in [-0.39, 0.29) is 5.41 Å². The second-order valence-corrected chi connectivity index (χ2v) is 8.90. The zero-order valence-corrected chi connectivity index (χ0v) is 13.1. The predicted octanol–water partition coefficient (Wildman–Crippen LogP) is 1.87. The lowest BCUT2D eigenvalue weighted by Crippen LogP contribution is -2.59. The Kier molecular flexibility index (Phi) is 3.41. The molecule has 2 aliphatic heterocycles. The van der Waals surface area contributed by atoms with E-state index in [9.17, 15) is 8.42 Å². The highest BCUT2D eigenvalue weighted by atomic mass is 32.2. The Hall–Kier alpha value is -0.870. The molecule has 2 heterocycles. The monoisotopic (exact) mass is 293 g/mol. The van der Waals surface area contributed by atoms with Crippen molar-refractivity contribution in [1.82, 2.24) is 5.32 Å². The quantitative estimate of drug-likeness (QED) is 0.925. The fraction of sp³-hybridized carbons (Fsp3) is 0.625. The molecule has 0 spiro atoms. The van der Waals surface area contributed by atoms with Crippen LogP contribution in [-0.2, 0) is 16.3 Å². The van der Waals surface area contributed by atoms with Crippen LogP contribution in [0, 0.1) is 25.2 Å². The van der Waals surface area contributed by atoms with Crippen LogP contribution in [0.15, 0.2) is 18.2 Å². The summed E-state index contributed by atoms with van der Waals surface area (Å²) < 4.78 is 23.6. The summed E-state index contributed by atoms with van der Waals surface area (Å²) in [6.07, 6.45) is 1.85. The van der Waals surface area contributed by atoms with E-state index in [0.717, 1.165) is 25.9 Å². The molecule has 0 bridgehead atoms. The topological polar surface area (TPSA) is 46.2 Å². The number of hydrogen-bond donors (Lipinski definition) is 1. The van der Waals surface area contributed by atoms with Crippen molar-refractivity contribution in [2.75, 3.05) is 24.6 Å². The maximum atomic E-state index is 11.8. The van der Waals surface area contributed by atoms with Crippen LogP contribution in [0.5, 0.6) is 0 Å². The Morgan fingerprint density at radius 1 is 1.30 bits per heavy atom. The van der Waals surface area contributed by atoms with Crippen LogP contribution in [-0.4, -0.2) is 33.0 Å². The van der Waals surface area contributed by atoms with E-state index < -0.39 is 9.84 Å². The fourth-order valence-electron chi connectivity index (χ4n) is 3.65. The highest BCUT2D eigenvalue weighted by Gasteiger charge is 2.48. The van der Waals surface area contributed by atoms with Gasteiger partial charge in [0, 0.05) is 18.5 Å². The zero-order valence-electron chi connectivity index (χ0n) is 12.3. The van der Waals surface area contributed by atoms with E-state index in [1.165, 1.54) is 16.7 Å². The van der Waals surface area contributed by atoms with Gasteiger partial charge in [0.25, 0.3) is 0 Å².